The minimum Gasteiger partial charge on any atom is -0.317 e. The molecule has 1 saturated carbocycles. The Balaban J connectivity index is 1.72. The zero-order valence-electron chi connectivity index (χ0n) is 9.72. The van der Waals surface area contributed by atoms with Gasteiger partial charge < -0.3 is 5.32 Å². The SMILES string of the molecule is CNC1CCCC1CCSc1ncccn1. The lowest BCUT2D eigenvalue weighted by atomic mass is 10.0. The van der Waals surface area contributed by atoms with Crippen molar-refractivity contribution in [1.29, 1.82) is 0 Å². The van der Waals surface area contributed by atoms with E-state index in [1.165, 1.54) is 25.7 Å². The van der Waals surface area contributed by atoms with Crippen molar-refractivity contribution < 1.29 is 0 Å². The summed E-state index contributed by atoms with van der Waals surface area (Å²) in [7, 11) is 2.08. The first-order chi connectivity index (χ1) is 7.90. The average molecular weight is 237 g/mol. The summed E-state index contributed by atoms with van der Waals surface area (Å²) in [5.41, 5.74) is 0. The summed E-state index contributed by atoms with van der Waals surface area (Å²) >= 11 is 1.77. The van der Waals surface area contributed by atoms with E-state index in [4.69, 9.17) is 0 Å². The molecule has 0 radical (unpaired) electrons. The van der Waals surface area contributed by atoms with Crippen molar-refractivity contribution in [3.05, 3.63) is 18.5 Å². The Morgan fingerprint density at radius 1 is 1.38 bits per heavy atom. The van der Waals surface area contributed by atoms with Gasteiger partial charge in [0, 0.05) is 24.2 Å². The normalized spacial score (nSPS) is 24.8. The van der Waals surface area contributed by atoms with E-state index in [-0.39, 0.29) is 0 Å². The molecule has 2 unspecified atom stereocenters. The van der Waals surface area contributed by atoms with Gasteiger partial charge in [0.05, 0.1) is 0 Å². The molecule has 1 aromatic rings. The van der Waals surface area contributed by atoms with Crippen molar-refractivity contribution in [2.24, 2.45) is 5.92 Å². The van der Waals surface area contributed by atoms with E-state index in [0.29, 0.717) is 0 Å². The maximum absolute atomic E-state index is 4.22. The second-order valence-corrected chi connectivity index (χ2v) is 5.32. The predicted molar refractivity (Wildman–Crippen MR) is 67.6 cm³/mol. The summed E-state index contributed by atoms with van der Waals surface area (Å²) in [6.45, 7) is 0. The molecule has 1 aromatic heterocycles. The fraction of sp³-hybridized carbons (Fsp3) is 0.667. The number of nitrogens with one attached hydrogen (secondary N) is 1. The van der Waals surface area contributed by atoms with Gasteiger partial charge in [0.15, 0.2) is 5.16 Å². The van der Waals surface area contributed by atoms with Crippen LogP contribution in [0.1, 0.15) is 25.7 Å². The van der Waals surface area contributed by atoms with Crippen LogP contribution in [0.3, 0.4) is 0 Å². The molecule has 0 bridgehead atoms. The Bertz CT molecular complexity index is 304. The Labute approximate surface area is 101 Å². The molecule has 1 fully saturated rings. The molecule has 1 aliphatic carbocycles. The van der Waals surface area contributed by atoms with E-state index in [1.807, 2.05) is 6.07 Å². The van der Waals surface area contributed by atoms with Gasteiger partial charge in [0.25, 0.3) is 0 Å². The maximum Gasteiger partial charge on any atom is 0.187 e. The fourth-order valence-electron chi connectivity index (χ4n) is 2.42. The van der Waals surface area contributed by atoms with Gasteiger partial charge >= 0.3 is 0 Å². The van der Waals surface area contributed by atoms with Crippen LogP contribution in [0.25, 0.3) is 0 Å². The molecule has 88 valence electrons. The standard InChI is InChI=1S/C12H19N3S/c1-13-11-5-2-4-10(11)6-9-16-12-14-7-3-8-15-12/h3,7-8,10-11,13H,2,4-6,9H2,1H3. The van der Waals surface area contributed by atoms with Crippen LogP contribution in [0.15, 0.2) is 23.6 Å². The third-order valence-corrected chi connectivity index (χ3v) is 4.20. The highest BCUT2D eigenvalue weighted by Gasteiger charge is 2.25. The van der Waals surface area contributed by atoms with Crippen molar-refractivity contribution >= 4 is 11.8 Å². The minimum absolute atomic E-state index is 0.734. The van der Waals surface area contributed by atoms with Gasteiger partial charge in [-0.05, 0) is 38.3 Å². The first-order valence-electron chi connectivity index (χ1n) is 5.97. The lowest BCUT2D eigenvalue weighted by Crippen LogP contribution is -2.29. The number of hydrogen-bond acceptors (Lipinski definition) is 4. The second kappa shape index (κ2) is 6.21. The topological polar surface area (TPSA) is 37.8 Å². The number of thioether (sulfide) groups is 1. The highest BCUT2D eigenvalue weighted by atomic mass is 32.2. The molecule has 2 atom stereocenters. The number of hydrogen-bond donors (Lipinski definition) is 1. The first kappa shape index (κ1) is 11.9. The molecule has 2 rings (SSSR count). The van der Waals surface area contributed by atoms with Gasteiger partial charge in [-0.3, -0.25) is 0 Å². The van der Waals surface area contributed by atoms with Crippen molar-refractivity contribution in [3.8, 4) is 0 Å². The first-order valence-corrected chi connectivity index (χ1v) is 6.96. The largest absolute Gasteiger partial charge is 0.317 e. The van der Waals surface area contributed by atoms with Crippen LogP contribution in [0.4, 0.5) is 0 Å². The third kappa shape index (κ3) is 3.19. The van der Waals surface area contributed by atoms with Crippen molar-refractivity contribution in [2.45, 2.75) is 36.9 Å². The highest BCUT2D eigenvalue weighted by molar-refractivity contribution is 7.99. The molecule has 0 aliphatic heterocycles. The molecule has 0 spiro atoms. The highest BCUT2D eigenvalue weighted by Crippen LogP contribution is 2.29. The zero-order chi connectivity index (χ0) is 11.2. The summed E-state index contributed by atoms with van der Waals surface area (Å²) in [5.74, 6) is 1.98. The van der Waals surface area contributed by atoms with E-state index >= 15 is 0 Å². The van der Waals surface area contributed by atoms with E-state index in [0.717, 1.165) is 22.9 Å². The summed E-state index contributed by atoms with van der Waals surface area (Å²) in [6.07, 6.45) is 8.98. The van der Waals surface area contributed by atoms with E-state index < -0.39 is 0 Å². The molecule has 4 heteroatoms. The Kier molecular flexibility index (Phi) is 4.60. The zero-order valence-corrected chi connectivity index (χ0v) is 10.5. The number of nitrogens with zero attached hydrogens (tertiary/aromatic N) is 2. The van der Waals surface area contributed by atoms with Crippen molar-refractivity contribution in [1.82, 2.24) is 15.3 Å². The molecule has 0 aromatic carbocycles. The Morgan fingerprint density at radius 2 is 2.19 bits per heavy atom. The van der Waals surface area contributed by atoms with Crippen LogP contribution in [-0.2, 0) is 0 Å². The van der Waals surface area contributed by atoms with Crippen LogP contribution in [0.2, 0.25) is 0 Å². The van der Waals surface area contributed by atoms with Crippen molar-refractivity contribution in [3.63, 3.8) is 0 Å². The molecule has 3 nitrogen and oxygen atoms in total. The van der Waals surface area contributed by atoms with Crippen LogP contribution >= 0.6 is 11.8 Å². The second-order valence-electron chi connectivity index (χ2n) is 4.25. The van der Waals surface area contributed by atoms with Crippen LogP contribution in [0.5, 0.6) is 0 Å². The molecule has 0 amide bonds. The average Bonchev–Trinajstić information content (AvgIpc) is 2.78. The van der Waals surface area contributed by atoms with Crippen LogP contribution in [-0.4, -0.2) is 28.8 Å². The van der Waals surface area contributed by atoms with E-state index in [2.05, 4.69) is 22.3 Å². The summed E-state index contributed by atoms with van der Waals surface area (Å²) in [6, 6.07) is 2.59. The summed E-state index contributed by atoms with van der Waals surface area (Å²) < 4.78 is 0. The smallest absolute Gasteiger partial charge is 0.187 e. The molecule has 1 heterocycles. The Hall–Kier alpha value is -0.610. The molecular formula is C12H19N3S. The molecular weight excluding hydrogens is 218 g/mol. The fourth-order valence-corrected chi connectivity index (χ4v) is 3.30. The van der Waals surface area contributed by atoms with Gasteiger partial charge in [0.1, 0.15) is 0 Å². The number of rotatable bonds is 5. The van der Waals surface area contributed by atoms with Gasteiger partial charge in [0.2, 0.25) is 0 Å². The number of aromatic nitrogens is 2. The lowest BCUT2D eigenvalue weighted by molar-refractivity contribution is 0.417. The van der Waals surface area contributed by atoms with Crippen molar-refractivity contribution in [2.75, 3.05) is 12.8 Å². The quantitative estimate of drug-likeness (QED) is 0.630. The van der Waals surface area contributed by atoms with Gasteiger partial charge in [-0.2, -0.15) is 0 Å². The minimum atomic E-state index is 0.734. The Morgan fingerprint density at radius 3 is 2.94 bits per heavy atom. The summed E-state index contributed by atoms with van der Waals surface area (Å²) in [4.78, 5) is 8.44. The van der Waals surface area contributed by atoms with E-state index in [9.17, 15) is 0 Å². The molecule has 16 heavy (non-hydrogen) atoms. The van der Waals surface area contributed by atoms with Crippen LogP contribution < -0.4 is 5.32 Å². The maximum atomic E-state index is 4.22. The summed E-state index contributed by atoms with van der Waals surface area (Å²) in [5, 5.41) is 4.33. The molecule has 0 saturated heterocycles. The van der Waals surface area contributed by atoms with Crippen LogP contribution in [0, 0.1) is 5.92 Å². The lowest BCUT2D eigenvalue weighted by Gasteiger charge is -2.18. The third-order valence-electron chi connectivity index (χ3n) is 3.29. The van der Waals surface area contributed by atoms with Gasteiger partial charge in [-0.15, -0.1) is 0 Å². The molecule has 1 N–H and O–H groups in total. The van der Waals surface area contributed by atoms with Gasteiger partial charge in [-0.1, -0.05) is 18.2 Å². The van der Waals surface area contributed by atoms with Gasteiger partial charge in [-0.25, -0.2) is 9.97 Å². The monoisotopic (exact) mass is 237 g/mol. The molecule has 1 aliphatic rings. The predicted octanol–water partition coefficient (Wildman–Crippen LogP) is 2.35. The van der Waals surface area contributed by atoms with E-state index in [1.54, 1.807) is 24.2 Å².